The standard InChI is InChI=1S/C12H23O14P.K.H/c13-1-4-6(15)8(17)9(18)11(24-4)26-12(3-14)10(19)7(16)5(25-12)2-23-27(20,21)22;;/h4-11,13-19H,1-3H2,(H2,20,21,22);;/t4-,5-,6-,7-,8+,9-,10+,11?,12?;;/m1../s1. The molecule has 2 rings (SSSR count). The molecule has 0 saturated carbocycles. The summed E-state index contributed by atoms with van der Waals surface area (Å²) in [7, 11) is -4.92. The summed E-state index contributed by atoms with van der Waals surface area (Å²) < 4.78 is 30.4. The van der Waals surface area contributed by atoms with Gasteiger partial charge in [-0.25, -0.2) is 4.57 Å². The Kier molecular flexibility index (Phi) is 10.5. The van der Waals surface area contributed by atoms with Gasteiger partial charge in [-0.2, -0.15) is 0 Å². The van der Waals surface area contributed by atoms with Crippen molar-refractivity contribution in [2.75, 3.05) is 19.8 Å². The summed E-state index contributed by atoms with van der Waals surface area (Å²) in [6.07, 6.45) is -13.9. The fourth-order valence-corrected chi connectivity index (χ4v) is 3.13. The summed E-state index contributed by atoms with van der Waals surface area (Å²) in [6.45, 7) is -2.74. The van der Waals surface area contributed by atoms with Gasteiger partial charge in [0.2, 0.25) is 5.79 Å². The topological polar surface area (TPSA) is 236 Å². The Balaban J connectivity index is 0.00000392. The normalized spacial score (nSPS) is 44.3. The molecular weight excluding hydrogens is 438 g/mol. The molecule has 2 aliphatic heterocycles. The molecule has 9 atom stereocenters. The number of hydrogen-bond donors (Lipinski definition) is 9. The molecule has 2 fully saturated rings. The van der Waals surface area contributed by atoms with E-state index in [0.29, 0.717) is 0 Å². The monoisotopic (exact) mass is 462 g/mol. The van der Waals surface area contributed by atoms with E-state index >= 15 is 0 Å². The van der Waals surface area contributed by atoms with Crippen molar-refractivity contribution in [3.8, 4) is 0 Å². The first-order valence-corrected chi connectivity index (χ1v) is 9.32. The summed E-state index contributed by atoms with van der Waals surface area (Å²) in [4.78, 5) is 17.4. The zero-order chi connectivity index (χ0) is 20.6. The number of phosphoric ester groups is 1. The third-order valence-corrected chi connectivity index (χ3v) is 4.78. The van der Waals surface area contributed by atoms with Gasteiger partial charge >= 0.3 is 59.2 Å². The Bertz CT molecular complexity index is 546. The zero-order valence-corrected chi connectivity index (χ0v) is 14.6. The first-order chi connectivity index (χ1) is 12.5. The molecule has 0 spiro atoms. The molecule has 0 bridgehead atoms. The van der Waals surface area contributed by atoms with E-state index in [1.165, 1.54) is 0 Å². The van der Waals surface area contributed by atoms with Gasteiger partial charge in [0, 0.05) is 0 Å². The minimum atomic E-state index is -4.92. The van der Waals surface area contributed by atoms with Crippen molar-refractivity contribution in [1.82, 2.24) is 0 Å². The third-order valence-electron chi connectivity index (χ3n) is 4.30. The summed E-state index contributed by atoms with van der Waals surface area (Å²) in [6, 6.07) is 0. The van der Waals surface area contributed by atoms with E-state index in [4.69, 9.17) is 29.1 Å². The predicted octanol–water partition coefficient (Wildman–Crippen LogP) is -5.93. The molecule has 0 aromatic heterocycles. The Morgan fingerprint density at radius 2 is 1.54 bits per heavy atom. The molecule has 2 unspecified atom stereocenters. The van der Waals surface area contributed by atoms with Crippen LogP contribution in [0.1, 0.15) is 0 Å². The summed E-state index contributed by atoms with van der Waals surface area (Å²) in [5, 5.41) is 68.3. The summed E-state index contributed by atoms with van der Waals surface area (Å²) in [5.74, 6) is -2.42. The van der Waals surface area contributed by atoms with Crippen LogP contribution >= 0.6 is 7.82 Å². The number of phosphoric acid groups is 1. The van der Waals surface area contributed by atoms with Crippen molar-refractivity contribution in [3.63, 3.8) is 0 Å². The Hall–Kier alpha value is 1.35. The van der Waals surface area contributed by atoms with Crippen LogP contribution in [0.4, 0.5) is 0 Å². The van der Waals surface area contributed by atoms with E-state index in [1.54, 1.807) is 0 Å². The molecule has 16 heteroatoms. The van der Waals surface area contributed by atoms with Crippen LogP contribution in [-0.2, 0) is 23.3 Å². The van der Waals surface area contributed by atoms with E-state index < -0.39 is 82.4 Å². The van der Waals surface area contributed by atoms with Crippen LogP contribution in [0.2, 0.25) is 0 Å². The molecule has 2 saturated heterocycles. The SMILES string of the molecule is O=P(O)(O)OC[C@H]1OC(CO)(OC2O[C@H](CO)[C@@H](O)[C@H](O)[C@H]2O)[C@@H](O)[C@@H]1O.[KH]. The summed E-state index contributed by atoms with van der Waals surface area (Å²) >= 11 is 0. The first-order valence-electron chi connectivity index (χ1n) is 7.79. The van der Waals surface area contributed by atoms with Crippen LogP contribution in [0, 0.1) is 0 Å². The molecule has 0 amide bonds. The predicted molar refractivity (Wildman–Crippen MR) is 86.7 cm³/mol. The van der Waals surface area contributed by atoms with Gasteiger partial charge in [0.15, 0.2) is 6.29 Å². The molecule has 162 valence electrons. The van der Waals surface area contributed by atoms with E-state index in [-0.39, 0.29) is 51.4 Å². The number of aliphatic hydroxyl groups is 7. The first kappa shape index (κ1) is 27.4. The maximum absolute atomic E-state index is 10.8. The van der Waals surface area contributed by atoms with Crippen LogP contribution in [0.5, 0.6) is 0 Å². The minimum absolute atomic E-state index is 0. The second kappa shape index (κ2) is 10.8. The fraction of sp³-hybridized carbons (Fsp3) is 1.00. The van der Waals surface area contributed by atoms with Gasteiger partial charge in [0.25, 0.3) is 0 Å². The molecule has 0 radical (unpaired) electrons. The van der Waals surface area contributed by atoms with E-state index in [1.807, 2.05) is 0 Å². The zero-order valence-electron chi connectivity index (χ0n) is 13.8. The molecule has 0 aromatic rings. The molecule has 14 nitrogen and oxygen atoms in total. The van der Waals surface area contributed by atoms with Gasteiger partial charge in [0.1, 0.15) is 49.3 Å². The van der Waals surface area contributed by atoms with Crippen LogP contribution in [0.3, 0.4) is 0 Å². The Morgan fingerprint density at radius 1 is 0.929 bits per heavy atom. The quantitative estimate of drug-likeness (QED) is 0.127. The molecule has 9 N–H and O–H groups in total. The van der Waals surface area contributed by atoms with Crippen molar-refractivity contribution < 1.29 is 68.8 Å². The van der Waals surface area contributed by atoms with E-state index in [0.717, 1.165) is 0 Å². The van der Waals surface area contributed by atoms with Gasteiger partial charge in [-0.05, 0) is 0 Å². The van der Waals surface area contributed by atoms with Crippen molar-refractivity contribution in [1.29, 1.82) is 0 Å². The van der Waals surface area contributed by atoms with Crippen molar-refractivity contribution in [3.05, 3.63) is 0 Å². The second-order valence-electron chi connectivity index (χ2n) is 6.16. The molecule has 2 heterocycles. The molecule has 0 aliphatic carbocycles. The van der Waals surface area contributed by atoms with Gasteiger partial charge < -0.3 is 59.7 Å². The van der Waals surface area contributed by atoms with Gasteiger partial charge in [-0.3, -0.25) is 4.52 Å². The van der Waals surface area contributed by atoms with Crippen LogP contribution in [-0.4, -0.2) is 172 Å². The number of aliphatic hydroxyl groups excluding tert-OH is 7. The molecule has 2 aliphatic rings. The maximum atomic E-state index is 10.8. The van der Waals surface area contributed by atoms with Gasteiger partial charge in [-0.15, -0.1) is 0 Å². The van der Waals surface area contributed by atoms with Crippen LogP contribution < -0.4 is 0 Å². The fourth-order valence-electron chi connectivity index (χ4n) is 2.79. The average molecular weight is 462 g/mol. The van der Waals surface area contributed by atoms with E-state index in [9.17, 15) is 35.2 Å². The summed E-state index contributed by atoms with van der Waals surface area (Å²) in [5.41, 5.74) is 0. The molecule has 0 aromatic carbocycles. The third kappa shape index (κ3) is 5.98. The average Bonchev–Trinajstić information content (AvgIpc) is 2.85. The number of hydrogen-bond acceptors (Lipinski definition) is 12. The van der Waals surface area contributed by atoms with Crippen molar-refractivity contribution in [2.24, 2.45) is 0 Å². The van der Waals surface area contributed by atoms with Gasteiger partial charge in [0.05, 0.1) is 13.2 Å². The number of ether oxygens (including phenoxy) is 3. The van der Waals surface area contributed by atoms with E-state index in [2.05, 4.69) is 4.52 Å². The Labute approximate surface area is 201 Å². The van der Waals surface area contributed by atoms with Crippen LogP contribution in [0.25, 0.3) is 0 Å². The molecular formula is C12H24KO14P. The van der Waals surface area contributed by atoms with Crippen LogP contribution in [0.15, 0.2) is 0 Å². The molecule has 28 heavy (non-hydrogen) atoms. The van der Waals surface area contributed by atoms with Crippen molar-refractivity contribution >= 4 is 59.2 Å². The Morgan fingerprint density at radius 3 is 2.04 bits per heavy atom. The second-order valence-corrected chi connectivity index (χ2v) is 7.40. The van der Waals surface area contributed by atoms with Gasteiger partial charge in [-0.1, -0.05) is 0 Å². The van der Waals surface area contributed by atoms with Crippen molar-refractivity contribution in [2.45, 2.75) is 54.8 Å². The number of rotatable bonds is 7.